The van der Waals surface area contributed by atoms with Crippen LogP contribution in [0.25, 0.3) is 11.2 Å². The second-order valence-electron chi connectivity index (χ2n) is 6.16. The Morgan fingerprint density at radius 3 is 2.50 bits per heavy atom. The maximum atomic E-state index is 12.5. The summed E-state index contributed by atoms with van der Waals surface area (Å²) >= 11 is 0. The van der Waals surface area contributed by atoms with E-state index in [0.29, 0.717) is 29.5 Å². The third kappa shape index (κ3) is 2.29. The van der Waals surface area contributed by atoms with Crippen molar-refractivity contribution in [3.8, 4) is 0 Å². The van der Waals surface area contributed by atoms with Gasteiger partial charge in [-0.15, -0.1) is 0 Å². The van der Waals surface area contributed by atoms with Gasteiger partial charge in [-0.25, -0.2) is 9.78 Å². The number of nitrogens with zero attached hydrogens (tertiary/aromatic N) is 4. The molecule has 0 aliphatic heterocycles. The predicted octanol–water partition coefficient (Wildman–Crippen LogP) is 0.735. The van der Waals surface area contributed by atoms with E-state index in [9.17, 15) is 14.7 Å². The van der Waals surface area contributed by atoms with Gasteiger partial charge in [0.1, 0.15) is 12.6 Å². The van der Waals surface area contributed by atoms with Crippen LogP contribution in [-0.4, -0.2) is 23.8 Å². The van der Waals surface area contributed by atoms with E-state index in [1.165, 1.54) is 30.9 Å². The molecule has 7 nitrogen and oxygen atoms in total. The zero-order chi connectivity index (χ0) is 15.9. The highest BCUT2D eigenvalue weighted by atomic mass is 16.3. The summed E-state index contributed by atoms with van der Waals surface area (Å²) in [5, 5.41) is 9.49. The molecule has 0 spiro atoms. The van der Waals surface area contributed by atoms with Crippen LogP contribution in [0.4, 0.5) is 0 Å². The van der Waals surface area contributed by atoms with Crippen LogP contribution >= 0.6 is 0 Å². The first-order valence-electron chi connectivity index (χ1n) is 7.82. The molecule has 22 heavy (non-hydrogen) atoms. The summed E-state index contributed by atoms with van der Waals surface area (Å²) in [5.74, 6) is 0.990. The van der Waals surface area contributed by atoms with Gasteiger partial charge in [0.25, 0.3) is 5.56 Å². The van der Waals surface area contributed by atoms with E-state index in [4.69, 9.17) is 0 Å². The van der Waals surface area contributed by atoms with Gasteiger partial charge in [0.05, 0.1) is 0 Å². The molecule has 0 radical (unpaired) electrons. The monoisotopic (exact) mass is 306 g/mol. The van der Waals surface area contributed by atoms with E-state index in [0.717, 1.165) is 17.4 Å². The highest BCUT2D eigenvalue weighted by molar-refractivity contribution is 5.71. The minimum atomic E-state index is -0.408. The van der Waals surface area contributed by atoms with Crippen LogP contribution < -0.4 is 11.2 Å². The SMILES string of the molecule is Cc1nc2c(c(=O)n(C)c(=O)n2CC2CCCCC2)n1CO. The molecule has 0 amide bonds. The smallest absolute Gasteiger partial charge is 0.332 e. The molecule has 7 heteroatoms. The van der Waals surface area contributed by atoms with Gasteiger partial charge in [0.2, 0.25) is 0 Å². The lowest BCUT2D eigenvalue weighted by Crippen LogP contribution is -2.40. The fraction of sp³-hybridized carbons (Fsp3) is 0.667. The highest BCUT2D eigenvalue weighted by Crippen LogP contribution is 2.25. The van der Waals surface area contributed by atoms with Crippen molar-refractivity contribution in [3.63, 3.8) is 0 Å². The van der Waals surface area contributed by atoms with E-state index in [-0.39, 0.29) is 12.4 Å². The maximum absolute atomic E-state index is 12.5. The maximum Gasteiger partial charge on any atom is 0.332 e. The molecule has 120 valence electrons. The first-order chi connectivity index (χ1) is 10.5. The molecular formula is C15H22N4O3. The van der Waals surface area contributed by atoms with Gasteiger partial charge >= 0.3 is 5.69 Å². The molecule has 1 N–H and O–H groups in total. The quantitative estimate of drug-likeness (QED) is 0.906. The fourth-order valence-electron chi connectivity index (χ4n) is 3.43. The normalized spacial score (nSPS) is 16.5. The second-order valence-corrected chi connectivity index (χ2v) is 6.16. The van der Waals surface area contributed by atoms with Crippen molar-refractivity contribution in [2.45, 2.75) is 52.3 Å². The summed E-state index contributed by atoms with van der Waals surface area (Å²) in [5.41, 5.74) is -0.0386. The number of rotatable bonds is 3. The molecule has 0 bridgehead atoms. The summed E-state index contributed by atoms with van der Waals surface area (Å²) in [6.45, 7) is 2.00. The Bertz CT molecular complexity index is 809. The van der Waals surface area contributed by atoms with Crippen molar-refractivity contribution in [1.29, 1.82) is 0 Å². The van der Waals surface area contributed by atoms with Gasteiger partial charge < -0.3 is 5.11 Å². The van der Waals surface area contributed by atoms with Crippen LogP contribution in [0.2, 0.25) is 0 Å². The number of aliphatic hydroxyl groups excluding tert-OH is 1. The standard InChI is InChI=1S/C15H22N4O3/c1-10-16-13-12(19(10)9-20)14(21)17(2)15(22)18(13)8-11-6-4-3-5-7-11/h11,20H,3-9H2,1-2H3. The number of aromatic nitrogens is 4. The summed E-state index contributed by atoms with van der Waals surface area (Å²) < 4.78 is 4.17. The molecule has 2 aromatic rings. The molecule has 0 atom stereocenters. The van der Waals surface area contributed by atoms with Gasteiger partial charge in [0, 0.05) is 13.6 Å². The minimum Gasteiger partial charge on any atom is -0.376 e. The topological polar surface area (TPSA) is 82.0 Å². The minimum absolute atomic E-state index is 0.304. The van der Waals surface area contributed by atoms with Crippen LogP contribution in [0, 0.1) is 12.8 Å². The largest absolute Gasteiger partial charge is 0.376 e. The predicted molar refractivity (Wildman–Crippen MR) is 82.8 cm³/mol. The van der Waals surface area contributed by atoms with Crippen molar-refractivity contribution in [1.82, 2.24) is 18.7 Å². The number of aliphatic hydroxyl groups is 1. The van der Waals surface area contributed by atoms with Gasteiger partial charge in [-0.3, -0.25) is 18.5 Å². The lowest BCUT2D eigenvalue weighted by Gasteiger charge is -2.22. The second kappa shape index (κ2) is 5.72. The average Bonchev–Trinajstić information content (AvgIpc) is 2.87. The number of aryl methyl sites for hydroxylation is 1. The first kappa shape index (κ1) is 15.0. The van der Waals surface area contributed by atoms with Crippen molar-refractivity contribution in [2.24, 2.45) is 13.0 Å². The van der Waals surface area contributed by atoms with Gasteiger partial charge in [0.15, 0.2) is 11.2 Å². The zero-order valence-corrected chi connectivity index (χ0v) is 13.1. The van der Waals surface area contributed by atoms with Crippen LogP contribution in [-0.2, 0) is 20.3 Å². The van der Waals surface area contributed by atoms with E-state index < -0.39 is 5.56 Å². The Labute approximate surface area is 127 Å². The number of hydrogen-bond acceptors (Lipinski definition) is 4. The summed E-state index contributed by atoms with van der Waals surface area (Å²) in [7, 11) is 1.48. The third-order valence-corrected chi connectivity index (χ3v) is 4.73. The fourth-order valence-corrected chi connectivity index (χ4v) is 3.43. The molecule has 1 aliphatic carbocycles. The lowest BCUT2D eigenvalue weighted by atomic mass is 9.89. The molecule has 3 rings (SSSR count). The molecule has 1 saturated carbocycles. The Kier molecular flexibility index (Phi) is 3.90. The molecule has 2 aromatic heterocycles. The summed E-state index contributed by atoms with van der Waals surface area (Å²) in [4.78, 5) is 29.2. The van der Waals surface area contributed by atoms with E-state index in [2.05, 4.69) is 4.98 Å². The van der Waals surface area contributed by atoms with Crippen LogP contribution in [0.5, 0.6) is 0 Å². The number of hydrogen-bond donors (Lipinski definition) is 1. The molecule has 0 saturated heterocycles. The van der Waals surface area contributed by atoms with E-state index >= 15 is 0 Å². The third-order valence-electron chi connectivity index (χ3n) is 4.73. The molecule has 0 aromatic carbocycles. The molecule has 0 unspecified atom stereocenters. The average molecular weight is 306 g/mol. The molecular weight excluding hydrogens is 284 g/mol. The molecule has 1 fully saturated rings. The molecule has 1 aliphatic rings. The first-order valence-corrected chi connectivity index (χ1v) is 7.82. The van der Waals surface area contributed by atoms with Gasteiger partial charge in [-0.05, 0) is 25.7 Å². The Balaban J connectivity index is 2.20. The Hall–Kier alpha value is -1.89. The zero-order valence-electron chi connectivity index (χ0n) is 13.1. The Morgan fingerprint density at radius 2 is 1.86 bits per heavy atom. The van der Waals surface area contributed by atoms with Crippen LogP contribution in [0.3, 0.4) is 0 Å². The molecule has 2 heterocycles. The summed E-state index contributed by atoms with van der Waals surface area (Å²) in [6, 6.07) is 0. The van der Waals surface area contributed by atoms with Crippen molar-refractivity contribution in [2.75, 3.05) is 0 Å². The van der Waals surface area contributed by atoms with Crippen LogP contribution in [0.1, 0.15) is 37.9 Å². The van der Waals surface area contributed by atoms with Crippen molar-refractivity contribution >= 4 is 11.2 Å². The van der Waals surface area contributed by atoms with Crippen molar-refractivity contribution in [3.05, 3.63) is 26.7 Å². The Morgan fingerprint density at radius 1 is 1.18 bits per heavy atom. The van der Waals surface area contributed by atoms with E-state index in [1.54, 1.807) is 11.5 Å². The number of imidazole rings is 1. The van der Waals surface area contributed by atoms with Gasteiger partial charge in [-0.1, -0.05) is 19.3 Å². The van der Waals surface area contributed by atoms with E-state index in [1.807, 2.05) is 0 Å². The van der Waals surface area contributed by atoms with Crippen LogP contribution in [0.15, 0.2) is 9.59 Å². The number of fused-ring (bicyclic) bond motifs is 1. The lowest BCUT2D eigenvalue weighted by molar-refractivity contribution is 0.212. The highest BCUT2D eigenvalue weighted by Gasteiger charge is 2.21. The summed E-state index contributed by atoms with van der Waals surface area (Å²) in [6.07, 6.45) is 5.86. The van der Waals surface area contributed by atoms with Crippen molar-refractivity contribution < 1.29 is 5.11 Å². The van der Waals surface area contributed by atoms with Gasteiger partial charge in [-0.2, -0.15) is 0 Å².